The molecule has 1 aliphatic heterocycles. The fraction of sp³-hybridized carbons (Fsp3) is 0.474. The van der Waals surface area contributed by atoms with Crippen molar-refractivity contribution in [1.29, 1.82) is 0 Å². The highest BCUT2D eigenvalue weighted by Gasteiger charge is 2.24. The van der Waals surface area contributed by atoms with E-state index in [0.29, 0.717) is 0 Å². The first-order valence-corrected chi connectivity index (χ1v) is 11.0. The average Bonchev–Trinajstić information content (AvgIpc) is 3.23. The summed E-state index contributed by atoms with van der Waals surface area (Å²) in [5.74, 6) is 0.888. The fourth-order valence-electron chi connectivity index (χ4n) is 3.67. The summed E-state index contributed by atoms with van der Waals surface area (Å²) in [4.78, 5) is 23.9. The summed E-state index contributed by atoms with van der Waals surface area (Å²) >= 11 is 3.41. The van der Waals surface area contributed by atoms with E-state index in [1.54, 1.807) is 11.8 Å². The maximum atomic E-state index is 5.46. The molecule has 1 aliphatic carbocycles. The minimum Gasteiger partial charge on any atom is -0.379 e. The number of aryl methyl sites for hydroxylation is 3. The van der Waals surface area contributed by atoms with Crippen LogP contribution in [0.25, 0.3) is 10.2 Å². The standard InChI is InChI=1S/C19H21N5OS2/c1-12-5-6-20-19(21-12)27-18-16-13-3-2-4-14(13)26-17(16)22-15(23-18)11-24-7-9-25-10-8-24/h5-6H,2-4,7-11H2,1H3. The monoisotopic (exact) mass is 399 g/mol. The van der Waals surface area contributed by atoms with Gasteiger partial charge >= 0.3 is 0 Å². The molecule has 8 heteroatoms. The zero-order chi connectivity index (χ0) is 18.2. The van der Waals surface area contributed by atoms with E-state index in [-0.39, 0.29) is 0 Å². The van der Waals surface area contributed by atoms with Gasteiger partial charge < -0.3 is 4.74 Å². The predicted octanol–water partition coefficient (Wildman–Crippen LogP) is 3.26. The van der Waals surface area contributed by atoms with Gasteiger partial charge in [0.2, 0.25) is 0 Å². The maximum absolute atomic E-state index is 5.46. The molecule has 1 saturated heterocycles. The van der Waals surface area contributed by atoms with Crippen molar-refractivity contribution in [3.63, 3.8) is 0 Å². The van der Waals surface area contributed by atoms with Crippen molar-refractivity contribution in [2.45, 2.75) is 42.9 Å². The van der Waals surface area contributed by atoms with Gasteiger partial charge in [-0.25, -0.2) is 19.9 Å². The van der Waals surface area contributed by atoms with Gasteiger partial charge in [0.25, 0.3) is 0 Å². The number of aromatic nitrogens is 4. The lowest BCUT2D eigenvalue weighted by Gasteiger charge is -2.25. The number of ether oxygens (including phenoxy) is 1. The minimum absolute atomic E-state index is 0.755. The maximum Gasteiger partial charge on any atom is 0.194 e. The molecule has 2 aliphatic rings. The molecular formula is C19H21N5OS2. The number of hydrogen-bond acceptors (Lipinski definition) is 8. The number of morpholine rings is 1. The third kappa shape index (κ3) is 3.59. The molecule has 0 unspecified atom stereocenters. The first-order valence-electron chi connectivity index (χ1n) is 9.35. The van der Waals surface area contributed by atoms with Gasteiger partial charge in [0, 0.05) is 35.2 Å². The van der Waals surface area contributed by atoms with Crippen molar-refractivity contribution in [1.82, 2.24) is 24.8 Å². The molecule has 0 amide bonds. The van der Waals surface area contributed by atoms with Gasteiger partial charge in [-0.3, -0.25) is 4.90 Å². The molecule has 5 rings (SSSR count). The van der Waals surface area contributed by atoms with Crippen LogP contribution in [0.3, 0.4) is 0 Å². The van der Waals surface area contributed by atoms with E-state index < -0.39 is 0 Å². The lowest BCUT2D eigenvalue weighted by Crippen LogP contribution is -2.36. The molecule has 0 spiro atoms. The van der Waals surface area contributed by atoms with Crippen molar-refractivity contribution in [2.75, 3.05) is 26.3 Å². The molecule has 0 radical (unpaired) electrons. The summed E-state index contributed by atoms with van der Waals surface area (Å²) in [6, 6.07) is 1.92. The normalized spacial score (nSPS) is 17.5. The topological polar surface area (TPSA) is 64.0 Å². The summed E-state index contributed by atoms with van der Waals surface area (Å²) < 4.78 is 5.46. The third-order valence-electron chi connectivity index (χ3n) is 5.01. The predicted molar refractivity (Wildman–Crippen MR) is 106 cm³/mol. The highest BCUT2D eigenvalue weighted by molar-refractivity contribution is 7.99. The molecule has 140 valence electrons. The van der Waals surface area contributed by atoms with Crippen molar-refractivity contribution in [3.8, 4) is 0 Å². The van der Waals surface area contributed by atoms with Gasteiger partial charge in [-0.2, -0.15) is 0 Å². The van der Waals surface area contributed by atoms with Crippen LogP contribution in [0.1, 0.15) is 28.4 Å². The van der Waals surface area contributed by atoms with Crippen LogP contribution in [0, 0.1) is 6.92 Å². The highest BCUT2D eigenvalue weighted by atomic mass is 32.2. The first kappa shape index (κ1) is 17.5. The SMILES string of the molecule is Cc1ccnc(Sc2nc(CN3CCOCC3)nc3sc4c(c23)CCC4)n1. The van der Waals surface area contributed by atoms with E-state index in [1.807, 2.05) is 30.5 Å². The number of fused-ring (bicyclic) bond motifs is 3. The second-order valence-electron chi connectivity index (χ2n) is 6.95. The van der Waals surface area contributed by atoms with E-state index in [2.05, 4.69) is 14.9 Å². The Labute approximate surface area is 166 Å². The molecule has 0 atom stereocenters. The Bertz CT molecular complexity index is 984. The molecule has 0 aromatic carbocycles. The second-order valence-corrected chi connectivity index (χ2v) is 8.99. The van der Waals surface area contributed by atoms with Crippen molar-refractivity contribution < 1.29 is 4.74 Å². The van der Waals surface area contributed by atoms with E-state index >= 15 is 0 Å². The second kappa shape index (κ2) is 7.43. The van der Waals surface area contributed by atoms with Gasteiger partial charge in [-0.1, -0.05) is 0 Å². The van der Waals surface area contributed by atoms with Crippen LogP contribution >= 0.6 is 23.1 Å². The van der Waals surface area contributed by atoms with Gasteiger partial charge in [0.05, 0.1) is 19.8 Å². The molecular weight excluding hydrogens is 378 g/mol. The lowest BCUT2D eigenvalue weighted by atomic mass is 10.2. The quantitative estimate of drug-likeness (QED) is 0.493. The highest BCUT2D eigenvalue weighted by Crippen LogP contribution is 2.41. The van der Waals surface area contributed by atoms with Crippen LogP contribution in [0.4, 0.5) is 0 Å². The number of thiophene rings is 1. The Kier molecular flexibility index (Phi) is 4.81. The molecule has 4 heterocycles. The fourth-order valence-corrected chi connectivity index (χ4v) is 5.96. The molecule has 1 fully saturated rings. The van der Waals surface area contributed by atoms with E-state index in [0.717, 1.165) is 65.8 Å². The van der Waals surface area contributed by atoms with Gasteiger partial charge in [0.15, 0.2) is 5.16 Å². The van der Waals surface area contributed by atoms with Crippen LogP contribution in [-0.2, 0) is 24.1 Å². The number of hydrogen-bond donors (Lipinski definition) is 0. The zero-order valence-electron chi connectivity index (χ0n) is 15.3. The molecule has 6 nitrogen and oxygen atoms in total. The summed E-state index contributed by atoms with van der Waals surface area (Å²) in [5, 5.41) is 2.99. The smallest absolute Gasteiger partial charge is 0.194 e. The van der Waals surface area contributed by atoms with Crippen LogP contribution in [0.15, 0.2) is 22.4 Å². The Hall–Kier alpha value is -1.61. The van der Waals surface area contributed by atoms with Crippen molar-refractivity contribution >= 4 is 33.3 Å². The Balaban J connectivity index is 1.55. The largest absolute Gasteiger partial charge is 0.379 e. The molecule has 0 bridgehead atoms. The number of rotatable bonds is 4. The van der Waals surface area contributed by atoms with Crippen molar-refractivity contribution in [2.24, 2.45) is 0 Å². The summed E-state index contributed by atoms with van der Waals surface area (Å²) in [5.41, 5.74) is 2.42. The third-order valence-corrected chi connectivity index (χ3v) is 7.06. The molecule has 3 aromatic heterocycles. The summed E-state index contributed by atoms with van der Waals surface area (Å²) in [6.07, 6.45) is 5.34. The Morgan fingerprint density at radius 1 is 1.19 bits per heavy atom. The summed E-state index contributed by atoms with van der Waals surface area (Å²) in [7, 11) is 0. The van der Waals surface area contributed by atoms with Crippen LogP contribution < -0.4 is 0 Å². The molecule has 3 aromatic rings. The van der Waals surface area contributed by atoms with Gasteiger partial charge in [-0.05, 0) is 49.6 Å². The van der Waals surface area contributed by atoms with Gasteiger partial charge in [-0.15, -0.1) is 11.3 Å². The zero-order valence-corrected chi connectivity index (χ0v) is 16.9. The van der Waals surface area contributed by atoms with E-state index in [4.69, 9.17) is 14.7 Å². The van der Waals surface area contributed by atoms with E-state index in [1.165, 1.54) is 28.7 Å². The molecule has 0 saturated carbocycles. The van der Waals surface area contributed by atoms with Crippen LogP contribution in [-0.4, -0.2) is 51.1 Å². The minimum atomic E-state index is 0.755. The average molecular weight is 400 g/mol. The van der Waals surface area contributed by atoms with E-state index in [9.17, 15) is 0 Å². The van der Waals surface area contributed by atoms with Crippen LogP contribution in [0.2, 0.25) is 0 Å². The Morgan fingerprint density at radius 2 is 2.07 bits per heavy atom. The van der Waals surface area contributed by atoms with Gasteiger partial charge in [0.1, 0.15) is 15.7 Å². The summed E-state index contributed by atoms with van der Waals surface area (Å²) in [6.45, 7) is 6.21. The van der Waals surface area contributed by atoms with Crippen LogP contribution in [0.5, 0.6) is 0 Å². The molecule has 0 N–H and O–H groups in total. The molecule has 27 heavy (non-hydrogen) atoms. The first-order chi connectivity index (χ1) is 13.3. The van der Waals surface area contributed by atoms with Crippen molar-refractivity contribution in [3.05, 3.63) is 34.2 Å². The number of nitrogens with zero attached hydrogens (tertiary/aromatic N) is 5. The Morgan fingerprint density at radius 3 is 2.93 bits per heavy atom. The lowest BCUT2D eigenvalue weighted by molar-refractivity contribution is 0.0330.